The van der Waals surface area contributed by atoms with Gasteiger partial charge in [0.1, 0.15) is 6.04 Å². The molecule has 0 spiro atoms. The normalized spacial score (nSPS) is 21.9. The molecule has 19 heavy (non-hydrogen) atoms. The van der Waals surface area contributed by atoms with Gasteiger partial charge in [-0.2, -0.15) is 5.26 Å². The number of ether oxygens (including phenoxy) is 1. The smallest absolute Gasteiger partial charge is 0.323 e. The number of benzene rings is 1. The van der Waals surface area contributed by atoms with Gasteiger partial charge in [0.25, 0.3) is 0 Å². The third kappa shape index (κ3) is 3.55. The summed E-state index contributed by atoms with van der Waals surface area (Å²) >= 11 is 0. The summed E-state index contributed by atoms with van der Waals surface area (Å²) in [5.74, 6) is -0.148. The lowest BCUT2D eigenvalue weighted by molar-refractivity contribution is -0.145. The predicted molar refractivity (Wildman–Crippen MR) is 71.4 cm³/mol. The first-order valence-electron chi connectivity index (χ1n) is 6.64. The molecule has 2 unspecified atom stereocenters. The molecule has 1 aromatic rings. The summed E-state index contributed by atoms with van der Waals surface area (Å²) in [6, 6.07) is 9.84. The number of nitrogens with one attached hydrogen (secondary N) is 1. The number of rotatable bonds is 4. The van der Waals surface area contributed by atoms with Gasteiger partial charge in [0, 0.05) is 6.04 Å². The van der Waals surface area contributed by atoms with Crippen LogP contribution >= 0.6 is 0 Å². The van der Waals surface area contributed by atoms with E-state index in [2.05, 4.69) is 11.4 Å². The maximum atomic E-state index is 11.6. The quantitative estimate of drug-likeness (QED) is 0.836. The van der Waals surface area contributed by atoms with Crippen LogP contribution in [0.2, 0.25) is 0 Å². The van der Waals surface area contributed by atoms with Crippen molar-refractivity contribution < 1.29 is 9.53 Å². The predicted octanol–water partition coefficient (Wildman–Crippen LogP) is 1.78. The van der Waals surface area contributed by atoms with Crippen molar-refractivity contribution in [2.24, 2.45) is 0 Å². The molecule has 0 aromatic heterocycles. The highest BCUT2D eigenvalue weighted by Crippen LogP contribution is 2.18. The van der Waals surface area contributed by atoms with Crippen LogP contribution in [0.15, 0.2) is 24.3 Å². The zero-order chi connectivity index (χ0) is 13.7. The molecule has 4 heteroatoms. The summed E-state index contributed by atoms with van der Waals surface area (Å²) in [5.41, 5.74) is 1.86. The molecule has 0 aliphatic carbocycles. The number of carbonyl (C=O) groups is 1. The van der Waals surface area contributed by atoms with Crippen molar-refractivity contribution in [3.63, 3.8) is 0 Å². The monoisotopic (exact) mass is 258 g/mol. The van der Waals surface area contributed by atoms with Crippen LogP contribution in [0.5, 0.6) is 0 Å². The average molecular weight is 258 g/mol. The summed E-state index contributed by atoms with van der Waals surface area (Å²) in [7, 11) is 0. The Kier molecular flexibility index (Phi) is 4.53. The average Bonchev–Trinajstić information content (AvgIpc) is 2.88. The molecule has 1 aliphatic rings. The molecule has 1 aromatic carbocycles. The largest absolute Gasteiger partial charge is 0.465 e. The Morgan fingerprint density at radius 2 is 2.16 bits per heavy atom. The minimum absolute atomic E-state index is 0.148. The van der Waals surface area contributed by atoms with Gasteiger partial charge in [0.05, 0.1) is 18.2 Å². The standard InChI is InChI=1S/C15H18N2O2/c1-2-19-15(18)14-8-7-13(17-14)9-11-3-5-12(10-16)6-4-11/h3-6,13-14,17H,2,7-9H2,1H3. The molecule has 1 fully saturated rings. The van der Waals surface area contributed by atoms with Crippen molar-refractivity contribution in [3.8, 4) is 6.07 Å². The van der Waals surface area contributed by atoms with Gasteiger partial charge in [-0.25, -0.2) is 0 Å². The summed E-state index contributed by atoms with van der Waals surface area (Å²) in [4.78, 5) is 11.6. The van der Waals surface area contributed by atoms with Crippen molar-refractivity contribution >= 4 is 5.97 Å². The number of hydrogen-bond donors (Lipinski definition) is 1. The maximum Gasteiger partial charge on any atom is 0.323 e. The molecular weight excluding hydrogens is 240 g/mol. The van der Waals surface area contributed by atoms with Crippen LogP contribution in [-0.2, 0) is 16.0 Å². The summed E-state index contributed by atoms with van der Waals surface area (Å²) in [5, 5.41) is 12.1. The molecule has 2 rings (SSSR count). The van der Waals surface area contributed by atoms with Crippen molar-refractivity contribution in [1.29, 1.82) is 5.26 Å². The Hall–Kier alpha value is -1.86. The van der Waals surface area contributed by atoms with Gasteiger partial charge in [-0.1, -0.05) is 12.1 Å². The summed E-state index contributed by atoms with van der Waals surface area (Å²) in [6.45, 7) is 2.25. The fourth-order valence-electron chi connectivity index (χ4n) is 2.41. The van der Waals surface area contributed by atoms with E-state index in [-0.39, 0.29) is 12.0 Å². The SMILES string of the molecule is CCOC(=O)C1CCC(Cc2ccc(C#N)cc2)N1. The van der Waals surface area contributed by atoms with Gasteiger partial charge in [-0.05, 0) is 43.9 Å². The van der Waals surface area contributed by atoms with E-state index in [4.69, 9.17) is 10.00 Å². The van der Waals surface area contributed by atoms with E-state index < -0.39 is 0 Å². The second-order valence-electron chi connectivity index (χ2n) is 4.76. The maximum absolute atomic E-state index is 11.6. The van der Waals surface area contributed by atoms with E-state index >= 15 is 0 Å². The van der Waals surface area contributed by atoms with Crippen molar-refractivity contribution in [2.45, 2.75) is 38.3 Å². The second kappa shape index (κ2) is 6.35. The van der Waals surface area contributed by atoms with Crippen LogP contribution in [0, 0.1) is 11.3 Å². The van der Waals surface area contributed by atoms with Crippen LogP contribution in [0.3, 0.4) is 0 Å². The fraction of sp³-hybridized carbons (Fsp3) is 0.467. The highest BCUT2D eigenvalue weighted by atomic mass is 16.5. The van der Waals surface area contributed by atoms with Crippen LogP contribution in [0.4, 0.5) is 0 Å². The first-order valence-corrected chi connectivity index (χ1v) is 6.64. The minimum atomic E-state index is -0.164. The Balaban J connectivity index is 1.87. The molecule has 2 atom stereocenters. The lowest BCUT2D eigenvalue weighted by Crippen LogP contribution is -2.37. The first kappa shape index (κ1) is 13.6. The van der Waals surface area contributed by atoms with E-state index in [9.17, 15) is 4.79 Å². The second-order valence-corrected chi connectivity index (χ2v) is 4.76. The molecule has 1 aliphatic heterocycles. The Morgan fingerprint density at radius 3 is 2.79 bits per heavy atom. The minimum Gasteiger partial charge on any atom is -0.465 e. The van der Waals surface area contributed by atoms with Gasteiger partial charge >= 0.3 is 5.97 Å². The lowest BCUT2D eigenvalue weighted by Gasteiger charge is -2.13. The van der Waals surface area contributed by atoms with E-state index in [1.807, 2.05) is 31.2 Å². The lowest BCUT2D eigenvalue weighted by atomic mass is 10.0. The van der Waals surface area contributed by atoms with Crippen LogP contribution in [0.25, 0.3) is 0 Å². The van der Waals surface area contributed by atoms with E-state index in [0.29, 0.717) is 18.2 Å². The van der Waals surface area contributed by atoms with Crippen LogP contribution in [-0.4, -0.2) is 24.7 Å². The number of nitriles is 1. The molecule has 0 saturated carbocycles. The number of esters is 1. The summed E-state index contributed by atoms with van der Waals surface area (Å²) < 4.78 is 5.02. The molecule has 0 bridgehead atoms. The Bertz CT molecular complexity index is 476. The number of hydrogen-bond acceptors (Lipinski definition) is 4. The van der Waals surface area contributed by atoms with E-state index in [1.54, 1.807) is 0 Å². The van der Waals surface area contributed by atoms with E-state index in [1.165, 1.54) is 5.56 Å². The van der Waals surface area contributed by atoms with Gasteiger partial charge in [0.15, 0.2) is 0 Å². The van der Waals surface area contributed by atoms with E-state index in [0.717, 1.165) is 19.3 Å². The first-order chi connectivity index (χ1) is 9.22. The highest BCUT2D eigenvalue weighted by molar-refractivity contribution is 5.76. The molecule has 1 heterocycles. The van der Waals surface area contributed by atoms with Gasteiger partial charge in [0.2, 0.25) is 0 Å². The molecular formula is C15H18N2O2. The van der Waals surface area contributed by atoms with Crippen molar-refractivity contribution in [1.82, 2.24) is 5.32 Å². The number of nitrogens with zero attached hydrogens (tertiary/aromatic N) is 1. The molecule has 0 radical (unpaired) electrons. The van der Waals surface area contributed by atoms with Gasteiger partial charge < -0.3 is 10.1 Å². The molecule has 0 amide bonds. The summed E-state index contributed by atoms with van der Waals surface area (Å²) in [6.07, 6.45) is 2.69. The Morgan fingerprint density at radius 1 is 1.42 bits per heavy atom. The van der Waals surface area contributed by atoms with Crippen molar-refractivity contribution in [2.75, 3.05) is 6.61 Å². The zero-order valence-corrected chi connectivity index (χ0v) is 11.1. The topological polar surface area (TPSA) is 62.1 Å². The van der Waals surface area contributed by atoms with Gasteiger partial charge in [-0.15, -0.1) is 0 Å². The molecule has 100 valence electrons. The zero-order valence-electron chi connectivity index (χ0n) is 11.1. The Labute approximate surface area is 113 Å². The highest BCUT2D eigenvalue weighted by Gasteiger charge is 2.29. The molecule has 4 nitrogen and oxygen atoms in total. The molecule has 1 saturated heterocycles. The molecule has 1 N–H and O–H groups in total. The van der Waals surface area contributed by atoms with Gasteiger partial charge in [-0.3, -0.25) is 4.79 Å². The number of carbonyl (C=O) groups excluding carboxylic acids is 1. The van der Waals surface area contributed by atoms with Crippen molar-refractivity contribution in [3.05, 3.63) is 35.4 Å². The van der Waals surface area contributed by atoms with Crippen LogP contribution in [0.1, 0.15) is 30.9 Å². The van der Waals surface area contributed by atoms with Crippen LogP contribution < -0.4 is 5.32 Å². The third-order valence-corrected chi connectivity index (χ3v) is 3.38. The third-order valence-electron chi connectivity index (χ3n) is 3.38. The fourth-order valence-corrected chi connectivity index (χ4v) is 2.41.